The molecule has 2 aliphatic heterocycles. The second kappa shape index (κ2) is 8.68. The molecule has 132 valence electrons. The first kappa shape index (κ1) is 18.2. The van der Waals surface area contributed by atoms with E-state index >= 15 is 0 Å². The van der Waals surface area contributed by atoms with E-state index in [0.29, 0.717) is 16.1 Å². The Hall–Kier alpha value is -0.590. The van der Waals surface area contributed by atoms with E-state index in [-0.39, 0.29) is 0 Å². The van der Waals surface area contributed by atoms with Gasteiger partial charge in [0.15, 0.2) is 5.11 Å². The number of piperazine rings is 1. The SMILES string of the molecule is S=C(NCC1CCCO1)N1CCN(Cc2ccc(Cl)c(Cl)c2)CC1. The fourth-order valence-corrected chi connectivity index (χ4v) is 3.71. The fourth-order valence-electron chi connectivity index (χ4n) is 3.12. The lowest BCUT2D eigenvalue weighted by Crippen LogP contribution is -2.52. The number of hydrogen-bond acceptors (Lipinski definition) is 3. The standard InChI is InChI=1S/C17H23Cl2N3OS/c18-15-4-3-13(10-16(15)19)12-21-5-7-22(8-6-21)17(24)20-11-14-2-1-9-23-14/h3-4,10,14H,1-2,5-9,11-12H2,(H,20,24). The average Bonchev–Trinajstić information content (AvgIpc) is 3.10. The third-order valence-corrected chi connectivity index (χ3v) is 5.70. The van der Waals surface area contributed by atoms with E-state index < -0.39 is 0 Å². The number of hydrogen-bond donors (Lipinski definition) is 1. The number of rotatable bonds is 4. The van der Waals surface area contributed by atoms with E-state index in [1.54, 1.807) is 0 Å². The third kappa shape index (κ3) is 4.96. The van der Waals surface area contributed by atoms with Crippen molar-refractivity contribution in [1.29, 1.82) is 0 Å². The maximum atomic E-state index is 6.09. The molecule has 2 aliphatic rings. The van der Waals surface area contributed by atoms with Crippen molar-refractivity contribution < 1.29 is 4.74 Å². The monoisotopic (exact) mass is 387 g/mol. The van der Waals surface area contributed by atoms with Gasteiger partial charge in [0.1, 0.15) is 0 Å². The van der Waals surface area contributed by atoms with Crippen LogP contribution in [0.2, 0.25) is 10.0 Å². The quantitative estimate of drug-likeness (QED) is 0.800. The van der Waals surface area contributed by atoms with Crippen LogP contribution in [0, 0.1) is 0 Å². The van der Waals surface area contributed by atoms with Gasteiger partial charge in [-0.1, -0.05) is 29.3 Å². The van der Waals surface area contributed by atoms with E-state index in [4.69, 9.17) is 40.2 Å². The second-order valence-electron chi connectivity index (χ2n) is 6.33. The summed E-state index contributed by atoms with van der Waals surface area (Å²) >= 11 is 17.6. The van der Waals surface area contributed by atoms with Crippen molar-refractivity contribution in [3.05, 3.63) is 33.8 Å². The summed E-state index contributed by atoms with van der Waals surface area (Å²) < 4.78 is 5.62. The molecule has 1 aromatic carbocycles. The van der Waals surface area contributed by atoms with Gasteiger partial charge in [-0.15, -0.1) is 0 Å². The van der Waals surface area contributed by atoms with Crippen molar-refractivity contribution in [3.8, 4) is 0 Å². The van der Waals surface area contributed by atoms with Crippen LogP contribution in [0.5, 0.6) is 0 Å². The molecule has 3 rings (SSSR count). The molecule has 1 atom stereocenters. The van der Waals surface area contributed by atoms with Crippen LogP contribution in [-0.2, 0) is 11.3 Å². The number of ether oxygens (including phenoxy) is 1. The summed E-state index contributed by atoms with van der Waals surface area (Å²) in [5.41, 5.74) is 1.19. The van der Waals surface area contributed by atoms with Crippen molar-refractivity contribution in [2.75, 3.05) is 39.3 Å². The van der Waals surface area contributed by atoms with Crippen molar-refractivity contribution in [2.45, 2.75) is 25.5 Å². The van der Waals surface area contributed by atoms with E-state index in [9.17, 15) is 0 Å². The Labute approximate surface area is 159 Å². The Morgan fingerprint density at radius 1 is 1.21 bits per heavy atom. The second-order valence-corrected chi connectivity index (χ2v) is 7.53. The molecular formula is C17H23Cl2N3OS. The average molecular weight is 388 g/mol. The summed E-state index contributed by atoms with van der Waals surface area (Å²) in [6, 6.07) is 5.85. The Balaban J connectivity index is 1.41. The lowest BCUT2D eigenvalue weighted by atomic mass is 10.2. The van der Waals surface area contributed by atoms with Gasteiger partial charge in [-0.05, 0) is 42.8 Å². The minimum atomic E-state index is 0.318. The van der Waals surface area contributed by atoms with E-state index in [1.165, 1.54) is 5.56 Å². The van der Waals surface area contributed by atoms with Crippen LogP contribution in [0.1, 0.15) is 18.4 Å². The maximum Gasteiger partial charge on any atom is 0.169 e. The highest BCUT2D eigenvalue weighted by molar-refractivity contribution is 7.80. The molecule has 24 heavy (non-hydrogen) atoms. The van der Waals surface area contributed by atoms with Crippen LogP contribution in [0.4, 0.5) is 0 Å². The van der Waals surface area contributed by atoms with Gasteiger partial charge >= 0.3 is 0 Å². The molecule has 2 saturated heterocycles. The predicted octanol–water partition coefficient (Wildman–Crippen LogP) is 3.16. The lowest BCUT2D eigenvalue weighted by molar-refractivity contribution is 0.112. The first-order valence-electron chi connectivity index (χ1n) is 8.42. The first-order chi connectivity index (χ1) is 11.6. The molecule has 0 spiro atoms. The van der Waals surface area contributed by atoms with Crippen molar-refractivity contribution in [3.63, 3.8) is 0 Å². The molecule has 2 fully saturated rings. The Kier molecular flexibility index (Phi) is 6.58. The van der Waals surface area contributed by atoms with Gasteiger partial charge in [0.05, 0.1) is 16.1 Å². The van der Waals surface area contributed by atoms with E-state index in [2.05, 4.69) is 15.1 Å². The van der Waals surface area contributed by atoms with Crippen LogP contribution in [0.25, 0.3) is 0 Å². The van der Waals surface area contributed by atoms with Crippen LogP contribution in [0.3, 0.4) is 0 Å². The molecule has 0 bridgehead atoms. The molecule has 2 heterocycles. The molecule has 0 amide bonds. The highest BCUT2D eigenvalue weighted by Crippen LogP contribution is 2.23. The van der Waals surface area contributed by atoms with Crippen LogP contribution in [-0.4, -0.2) is 60.3 Å². The molecule has 0 aromatic heterocycles. The van der Waals surface area contributed by atoms with Crippen LogP contribution in [0.15, 0.2) is 18.2 Å². The minimum Gasteiger partial charge on any atom is -0.376 e. The zero-order valence-electron chi connectivity index (χ0n) is 13.6. The molecule has 4 nitrogen and oxygen atoms in total. The Morgan fingerprint density at radius 3 is 2.67 bits per heavy atom. The summed E-state index contributed by atoms with van der Waals surface area (Å²) in [4.78, 5) is 4.66. The third-order valence-electron chi connectivity index (χ3n) is 4.55. The molecular weight excluding hydrogens is 365 g/mol. The van der Waals surface area contributed by atoms with Gasteiger partial charge in [0, 0.05) is 45.9 Å². The first-order valence-corrected chi connectivity index (χ1v) is 9.59. The smallest absolute Gasteiger partial charge is 0.169 e. The van der Waals surface area contributed by atoms with Gasteiger partial charge in [-0.3, -0.25) is 4.90 Å². The number of nitrogens with one attached hydrogen (secondary N) is 1. The topological polar surface area (TPSA) is 27.7 Å². The van der Waals surface area contributed by atoms with Crippen molar-refractivity contribution in [2.24, 2.45) is 0 Å². The molecule has 0 saturated carbocycles. The molecule has 1 unspecified atom stereocenters. The number of thiocarbonyl (C=S) groups is 1. The van der Waals surface area contributed by atoms with Gasteiger partial charge in [0.2, 0.25) is 0 Å². The Bertz CT molecular complexity index is 573. The predicted molar refractivity (Wildman–Crippen MR) is 103 cm³/mol. The molecule has 0 aliphatic carbocycles. The van der Waals surface area contributed by atoms with Gasteiger partial charge < -0.3 is 15.0 Å². The maximum absolute atomic E-state index is 6.09. The van der Waals surface area contributed by atoms with E-state index in [1.807, 2.05) is 18.2 Å². The number of nitrogens with zero attached hydrogens (tertiary/aromatic N) is 2. The summed E-state index contributed by atoms with van der Waals surface area (Å²) in [5.74, 6) is 0. The minimum absolute atomic E-state index is 0.318. The number of halogens is 2. The molecule has 1 N–H and O–H groups in total. The van der Waals surface area contributed by atoms with Gasteiger partial charge in [-0.2, -0.15) is 0 Å². The van der Waals surface area contributed by atoms with Crippen molar-refractivity contribution >= 4 is 40.5 Å². The highest BCUT2D eigenvalue weighted by atomic mass is 35.5. The molecule has 1 aromatic rings. The van der Waals surface area contributed by atoms with Gasteiger partial charge in [-0.25, -0.2) is 0 Å². The van der Waals surface area contributed by atoms with E-state index in [0.717, 1.165) is 63.8 Å². The largest absolute Gasteiger partial charge is 0.376 e. The summed E-state index contributed by atoms with van der Waals surface area (Å²) in [6.07, 6.45) is 2.61. The van der Waals surface area contributed by atoms with Gasteiger partial charge in [0.25, 0.3) is 0 Å². The normalized spacial score (nSPS) is 21.9. The molecule has 7 heteroatoms. The summed E-state index contributed by atoms with van der Waals surface area (Å²) in [5, 5.41) is 5.42. The fraction of sp³-hybridized carbons (Fsp3) is 0.588. The molecule has 0 radical (unpaired) electrons. The summed E-state index contributed by atoms with van der Waals surface area (Å²) in [7, 11) is 0. The van der Waals surface area contributed by atoms with Crippen LogP contribution < -0.4 is 5.32 Å². The van der Waals surface area contributed by atoms with Crippen molar-refractivity contribution in [1.82, 2.24) is 15.1 Å². The Morgan fingerprint density at radius 2 is 2.00 bits per heavy atom. The zero-order valence-corrected chi connectivity index (χ0v) is 16.0. The lowest BCUT2D eigenvalue weighted by Gasteiger charge is -2.36. The zero-order chi connectivity index (χ0) is 16.9. The summed E-state index contributed by atoms with van der Waals surface area (Å²) in [6.45, 7) is 6.46. The number of benzene rings is 1. The van der Waals surface area contributed by atoms with Crippen LogP contribution >= 0.6 is 35.4 Å². The highest BCUT2D eigenvalue weighted by Gasteiger charge is 2.21.